The van der Waals surface area contributed by atoms with E-state index in [1.54, 1.807) is 43.3 Å². The number of aliphatic hydroxyl groups is 1. The van der Waals surface area contributed by atoms with E-state index in [-0.39, 0.29) is 35.5 Å². The molecule has 1 aromatic carbocycles. The Morgan fingerprint density at radius 1 is 1.10 bits per heavy atom. The van der Waals surface area contributed by atoms with Crippen molar-refractivity contribution in [1.29, 1.82) is 0 Å². The van der Waals surface area contributed by atoms with Crippen LogP contribution in [-0.4, -0.2) is 60.2 Å². The average Bonchev–Trinajstić information content (AvgIpc) is 2.77. The van der Waals surface area contributed by atoms with E-state index in [1.165, 1.54) is 24.2 Å². The minimum atomic E-state index is -0.522. The van der Waals surface area contributed by atoms with Crippen molar-refractivity contribution in [3.63, 3.8) is 0 Å². The number of carbonyl (C=O) groups excluding carboxylic acids is 2. The first-order chi connectivity index (χ1) is 14.3. The highest BCUT2D eigenvalue weighted by Crippen LogP contribution is 2.28. The summed E-state index contributed by atoms with van der Waals surface area (Å²) >= 11 is 0. The molecule has 0 unspecified atom stereocenters. The van der Waals surface area contributed by atoms with Gasteiger partial charge in [0, 0.05) is 38.9 Å². The first kappa shape index (κ1) is 21.7. The number of nitrogens with one attached hydrogen (secondary N) is 1. The lowest BCUT2D eigenvalue weighted by Gasteiger charge is -2.35. The van der Waals surface area contributed by atoms with E-state index in [1.807, 2.05) is 0 Å². The molecule has 30 heavy (non-hydrogen) atoms. The minimum absolute atomic E-state index is 0.0376. The molecule has 7 nitrogen and oxygen atoms in total. The lowest BCUT2D eigenvalue weighted by molar-refractivity contribution is 0.0933. The molecule has 1 fully saturated rings. The number of pyridine rings is 1. The molecule has 0 atom stereocenters. The minimum Gasteiger partial charge on any atom is -0.393 e. The van der Waals surface area contributed by atoms with E-state index in [0.717, 1.165) is 12.8 Å². The number of anilines is 1. The summed E-state index contributed by atoms with van der Waals surface area (Å²) < 4.78 is 14.8. The molecular weight excluding hydrogens is 387 g/mol. The Morgan fingerprint density at radius 3 is 2.33 bits per heavy atom. The molecule has 2 aromatic rings. The topological polar surface area (TPSA) is 85.8 Å². The third-order valence-corrected chi connectivity index (χ3v) is 5.67. The number of aromatic nitrogens is 1. The van der Waals surface area contributed by atoms with Gasteiger partial charge in [-0.3, -0.25) is 14.7 Å². The Morgan fingerprint density at radius 2 is 1.77 bits per heavy atom. The van der Waals surface area contributed by atoms with Crippen LogP contribution >= 0.6 is 0 Å². The summed E-state index contributed by atoms with van der Waals surface area (Å²) in [6, 6.07) is 7.66. The molecule has 0 spiro atoms. The predicted molar refractivity (Wildman–Crippen MR) is 113 cm³/mol. The van der Waals surface area contributed by atoms with Gasteiger partial charge in [0.2, 0.25) is 0 Å². The molecule has 160 valence electrons. The molecule has 0 saturated heterocycles. The molecule has 1 saturated carbocycles. The summed E-state index contributed by atoms with van der Waals surface area (Å²) in [6.07, 6.45) is 4.02. The Hall–Kier alpha value is -3.00. The summed E-state index contributed by atoms with van der Waals surface area (Å²) in [5, 5.41) is 12.2. The van der Waals surface area contributed by atoms with Crippen LogP contribution in [0.1, 0.15) is 36.2 Å². The van der Waals surface area contributed by atoms with Gasteiger partial charge in [-0.2, -0.15) is 0 Å². The second-order valence-electron chi connectivity index (χ2n) is 7.59. The highest BCUT2D eigenvalue weighted by Gasteiger charge is 2.28. The maximum atomic E-state index is 14.8. The molecule has 1 heterocycles. The molecule has 0 aliphatic heterocycles. The van der Waals surface area contributed by atoms with Gasteiger partial charge in [0.1, 0.15) is 11.5 Å². The summed E-state index contributed by atoms with van der Waals surface area (Å²) in [6.45, 7) is 0. The monoisotopic (exact) mass is 414 g/mol. The highest BCUT2D eigenvalue weighted by atomic mass is 19.1. The van der Waals surface area contributed by atoms with Crippen LogP contribution in [0.5, 0.6) is 0 Å². The molecule has 0 radical (unpaired) electrons. The van der Waals surface area contributed by atoms with E-state index in [2.05, 4.69) is 10.3 Å². The van der Waals surface area contributed by atoms with Crippen LogP contribution in [0.3, 0.4) is 0 Å². The van der Waals surface area contributed by atoms with Crippen LogP contribution in [-0.2, 0) is 0 Å². The van der Waals surface area contributed by atoms with Crippen molar-refractivity contribution in [1.82, 2.24) is 15.2 Å². The largest absolute Gasteiger partial charge is 0.393 e. The van der Waals surface area contributed by atoms with Gasteiger partial charge in [-0.25, -0.2) is 9.18 Å². The summed E-state index contributed by atoms with van der Waals surface area (Å²) in [5.74, 6) is -0.814. The zero-order chi connectivity index (χ0) is 21.8. The number of hydrogen-bond donors (Lipinski definition) is 2. The Balaban J connectivity index is 1.74. The highest BCUT2D eigenvalue weighted by molar-refractivity contribution is 5.93. The van der Waals surface area contributed by atoms with Gasteiger partial charge < -0.3 is 15.3 Å². The molecular formula is C22H27FN4O3. The van der Waals surface area contributed by atoms with Crippen molar-refractivity contribution in [2.24, 2.45) is 0 Å². The maximum absolute atomic E-state index is 14.8. The summed E-state index contributed by atoms with van der Waals surface area (Å²) in [5.41, 5.74) is 1.73. The van der Waals surface area contributed by atoms with E-state index >= 15 is 0 Å². The van der Waals surface area contributed by atoms with Crippen molar-refractivity contribution in [2.75, 3.05) is 26.0 Å². The number of amides is 3. The van der Waals surface area contributed by atoms with Crippen LogP contribution < -0.4 is 10.2 Å². The van der Waals surface area contributed by atoms with Crippen molar-refractivity contribution in [3.05, 3.63) is 48.0 Å². The first-order valence-electron chi connectivity index (χ1n) is 9.98. The lowest BCUT2D eigenvalue weighted by atomic mass is 9.92. The number of hydrogen-bond acceptors (Lipinski definition) is 4. The fourth-order valence-corrected chi connectivity index (χ4v) is 3.73. The number of aliphatic hydroxyl groups excluding tert-OH is 1. The van der Waals surface area contributed by atoms with E-state index < -0.39 is 5.82 Å². The van der Waals surface area contributed by atoms with Crippen LogP contribution in [0.25, 0.3) is 11.1 Å². The van der Waals surface area contributed by atoms with Crippen LogP contribution in [0.4, 0.5) is 14.9 Å². The molecule has 1 aliphatic rings. The normalized spacial score (nSPS) is 18.6. The predicted octanol–water partition coefficient (Wildman–Crippen LogP) is 3.04. The SMILES string of the molecule is CNC(=O)c1ccc(-c2ccc(N(C)C(=O)N(C)C3CCC(O)CC3)c(F)c2)cn1. The molecule has 3 rings (SSSR count). The molecule has 1 aromatic heterocycles. The Bertz CT molecular complexity index is 911. The smallest absolute Gasteiger partial charge is 0.324 e. The quantitative estimate of drug-likeness (QED) is 0.805. The van der Waals surface area contributed by atoms with Crippen LogP contribution in [0, 0.1) is 5.82 Å². The van der Waals surface area contributed by atoms with Gasteiger partial charge in [-0.1, -0.05) is 12.1 Å². The zero-order valence-corrected chi connectivity index (χ0v) is 17.4. The van der Waals surface area contributed by atoms with Gasteiger partial charge in [-0.05, 0) is 49.4 Å². The van der Waals surface area contributed by atoms with E-state index in [9.17, 15) is 19.1 Å². The second-order valence-corrected chi connectivity index (χ2v) is 7.59. The van der Waals surface area contributed by atoms with Gasteiger partial charge in [0.15, 0.2) is 0 Å². The molecule has 3 amide bonds. The molecule has 0 bridgehead atoms. The Kier molecular flexibility index (Phi) is 6.66. The van der Waals surface area contributed by atoms with Gasteiger partial charge in [-0.15, -0.1) is 0 Å². The third-order valence-electron chi connectivity index (χ3n) is 5.67. The third kappa shape index (κ3) is 4.59. The lowest BCUT2D eigenvalue weighted by Crippen LogP contribution is -2.46. The number of halogens is 1. The standard InChI is InChI=1S/C22H27FN4O3/c1-24-21(29)19-10-4-15(13-25-19)14-5-11-20(18(23)12-14)27(3)22(30)26(2)16-6-8-17(28)9-7-16/h4-5,10-13,16-17,28H,6-9H2,1-3H3,(H,24,29). The molecule has 2 N–H and O–H groups in total. The number of carbonyl (C=O) groups is 2. The maximum Gasteiger partial charge on any atom is 0.324 e. The van der Waals surface area contributed by atoms with Crippen molar-refractivity contribution >= 4 is 17.6 Å². The number of benzene rings is 1. The van der Waals surface area contributed by atoms with Crippen LogP contribution in [0.15, 0.2) is 36.5 Å². The van der Waals surface area contributed by atoms with E-state index in [0.29, 0.717) is 24.0 Å². The molecule has 8 heteroatoms. The van der Waals surface area contributed by atoms with Crippen molar-refractivity contribution in [3.8, 4) is 11.1 Å². The second kappa shape index (κ2) is 9.21. The molecule has 1 aliphatic carbocycles. The van der Waals surface area contributed by atoms with Crippen molar-refractivity contribution in [2.45, 2.75) is 37.8 Å². The van der Waals surface area contributed by atoms with Gasteiger partial charge in [0.25, 0.3) is 5.91 Å². The fourth-order valence-electron chi connectivity index (χ4n) is 3.73. The van der Waals surface area contributed by atoms with Gasteiger partial charge >= 0.3 is 6.03 Å². The number of rotatable bonds is 4. The van der Waals surface area contributed by atoms with E-state index in [4.69, 9.17) is 0 Å². The van der Waals surface area contributed by atoms with Gasteiger partial charge in [0.05, 0.1) is 11.8 Å². The van der Waals surface area contributed by atoms with Crippen molar-refractivity contribution < 1.29 is 19.1 Å². The average molecular weight is 414 g/mol. The Labute approximate surface area is 175 Å². The number of nitrogens with zero attached hydrogens (tertiary/aromatic N) is 3. The summed E-state index contributed by atoms with van der Waals surface area (Å²) in [7, 11) is 4.79. The fraction of sp³-hybridized carbons (Fsp3) is 0.409. The first-order valence-corrected chi connectivity index (χ1v) is 9.98. The number of urea groups is 1. The zero-order valence-electron chi connectivity index (χ0n) is 17.4. The van der Waals surface area contributed by atoms with Crippen LogP contribution in [0.2, 0.25) is 0 Å². The summed E-state index contributed by atoms with van der Waals surface area (Å²) in [4.78, 5) is 31.5.